The molecule has 128 valence electrons. The van der Waals surface area contributed by atoms with Crippen molar-refractivity contribution in [3.05, 3.63) is 48.3 Å². The van der Waals surface area contributed by atoms with E-state index in [0.717, 1.165) is 25.9 Å². The molecule has 1 aliphatic rings. The molecule has 0 aliphatic carbocycles. The molecule has 2 amide bonds. The Morgan fingerprint density at radius 2 is 2.21 bits per heavy atom. The Balaban J connectivity index is 1.53. The first kappa shape index (κ1) is 16.5. The predicted molar refractivity (Wildman–Crippen MR) is 94.7 cm³/mol. The van der Waals surface area contributed by atoms with E-state index in [2.05, 4.69) is 51.6 Å². The second-order valence-corrected chi connectivity index (χ2v) is 6.51. The average Bonchev–Trinajstić information content (AvgIpc) is 3.10. The molecule has 0 bridgehead atoms. The van der Waals surface area contributed by atoms with Gasteiger partial charge in [0.25, 0.3) is 0 Å². The highest BCUT2D eigenvalue weighted by Crippen LogP contribution is 2.23. The Morgan fingerprint density at radius 3 is 2.88 bits per heavy atom. The molecule has 0 unspecified atom stereocenters. The molecule has 1 saturated heterocycles. The molecule has 1 fully saturated rings. The van der Waals surface area contributed by atoms with Gasteiger partial charge in [-0.2, -0.15) is 5.10 Å². The highest BCUT2D eigenvalue weighted by atomic mass is 16.2. The van der Waals surface area contributed by atoms with Crippen molar-refractivity contribution in [3.63, 3.8) is 0 Å². The summed E-state index contributed by atoms with van der Waals surface area (Å²) in [7, 11) is 1.87. The number of carbonyl (C=O) groups is 1. The minimum atomic E-state index is -0.0786. The van der Waals surface area contributed by atoms with Crippen molar-refractivity contribution in [2.75, 3.05) is 18.9 Å². The van der Waals surface area contributed by atoms with Crippen LogP contribution in [-0.2, 0) is 6.54 Å². The van der Waals surface area contributed by atoms with Gasteiger partial charge in [0.1, 0.15) is 0 Å². The van der Waals surface area contributed by atoms with Gasteiger partial charge in [-0.15, -0.1) is 0 Å². The van der Waals surface area contributed by atoms with Crippen molar-refractivity contribution in [1.82, 2.24) is 20.0 Å². The van der Waals surface area contributed by atoms with E-state index in [1.54, 1.807) is 12.4 Å². The maximum absolute atomic E-state index is 12.3. The molecule has 1 aliphatic heterocycles. The molecule has 0 saturated carbocycles. The molecule has 2 heterocycles. The minimum absolute atomic E-state index is 0.0786. The van der Waals surface area contributed by atoms with Crippen LogP contribution in [0.15, 0.2) is 42.7 Å². The number of H-pyrrole nitrogens is 1. The molecule has 2 aromatic rings. The van der Waals surface area contributed by atoms with Gasteiger partial charge in [0.2, 0.25) is 0 Å². The van der Waals surface area contributed by atoms with Crippen LogP contribution in [0.25, 0.3) is 0 Å². The molecule has 0 radical (unpaired) electrons. The number of aromatic amines is 1. The van der Waals surface area contributed by atoms with E-state index in [0.29, 0.717) is 11.7 Å². The largest absolute Gasteiger partial charge is 0.325 e. The summed E-state index contributed by atoms with van der Waals surface area (Å²) >= 11 is 0. The van der Waals surface area contributed by atoms with Gasteiger partial charge in [0, 0.05) is 38.4 Å². The van der Waals surface area contributed by atoms with Crippen LogP contribution in [-0.4, -0.2) is 51.7 Å². The van der Waals surface area contributed by atoms with Crippen molar-refractivity contribution in [1.29, 1.82) is 0 Å². The molecular formula is C18H25N5O. The van der Waals surface area contributed by atoms with Crippen LogP contribution in [0.2, 0.25) is 0 Å². The highest BCUT2D eigenvalue weighted by molar-refractivity contribution is 5.89. The number of rotatable bonds is 4. The number of aromatic nitrogens is 2. The first-order valence-corrected chi connectivity index (χ1v) is 8.44. The number of likely N-dealkylation sites (tertiary alicyclic amines) is 1. The lowest BCUT2D eigenvalue weighted by atomic mass is 9.96. The number of anilines is 1. The van der Waals surface area contributed by atoms with E-state index >= 15 is 0 Å². The summed E-state index contributed by atoms with van der Waals surface area (Å²) < 4.78 is 0. The van der Waals surface area contributed by atoms with Crippen LogP contribution in [0.5, 0.6) is 0 Å². The van der Waals surface area contributed by atoms with Gasteiger partial charge in [-0.3, -0.25) is 10.00 Å². The van der Waals surface area contributed by atoms with E-state index in [1.165, 1.54) is 5.56 Å². The standard InChI is InChI=1S/C18H25N5O/c1-14-10-17(22(2)18(24)21-16-11-19-20-12-16)8-9-23(14)13-15-6-4-3-5-7-15/h3-7,11-12,14,17H,8-10,13H2,1-2H3,(H,19,20)(H,21,24)/t14-,17+/m1/s1. The third-order valence-electron chi connectivity index (χ3n) is 4.83. The monoisotopic (exact) mass is 327 g/mol. The van der Waals surface area contributed by atoms with Crippen molar-refractivity contribution in [2.45, 2.75) is 38.4 Å². The Kier molecular flexibility index (Phi) is 5.15. The molecule has 0 spiro atoms. The van der Waals surface area contributed by atoms with E-state index < -0.39 is 0 Å². The zero-order valence-corrected chi connectivity index (χ0v) is 14.3. The summed E-state index contributed by atoms with van der Waals surface area (Å²) in [6, 6.07) is 11.2. The summed E-state index contributed by atoms with van der Waals surface area (Å²) in [5, 5.41) is 9.41. The Morgan fingerprint density at radius 1 is 1.42 bits per heavy atom. The number of benzene rings is 1. The fourth-order valence-corrected chi connectivity index (χ4v) is 3.30. The maximum atomic E-state index is 12.3. The average molecular weight is 327 g/mol. The second-order valence-electron chi connectivity index (χ2n) is 6.51. The number of nitrogens with one attached hydrogen (secondary N) is 2. The maximum Gasteiger partial charge on any atom is 0.321 e. The van der Waals surface area contributed by atoms with E-state index in [-0.39, 0.29) is 12.1 Å². The van der Waals surface area contributed by atoms with Crippen LogP contribution in [0, 0.1) is 0 Å². The predicted octanol–water partition coefficient (Wildman–Crippen LogP) is 2.93. The lowest BCUT2D eigenvalue weighted by molar-refractivity contribution is 0.0942. The van der Waals surface area contributed by atoms with Gasteiger partial charge in [0.05, 0.1) is 11.9 Å². The minimum Gasteiger partial charge on any atom is -0.325 e. The quantitative estimate of drug-likeness (QED) is 0.907. The van der Waals surface area contributed by atoms with Crippen LogP contribution in [0.3, 0.4) is 0 Å². The van der Waals surface area contributed by atoms with Gasteiger partial charge in [-0.25, -0.2) is 4.79 Å². The summed E-state index contributed by atoms with van der Waals surface area (Å²) in [5.41, 5.74) is 2.04. The SMILES string of the molecule is C[C@@H]1C[C@@H](N(C)C(=O)Nc2cn[nH]c2)CCN1Cc1ccccc1. The summed E-state index contributed by atoms with van der Waals surface area (Å²) in [5.74, 6) is 0. The number of carbonyl (C=O) groups excluding carboxylic acids is 1. The molecule has 24 heavy (non-hydrogen) atoms. The van der Waals surface area contributed by atoms with Crippen LogP contribution in [0.1, 0.15) is 25.3 Å². The number of hydrogen-bond donors (Lipinski definition) is 2. The number of piperidine rings is 1. The van der Waals surface area contributed by atoms with Crippen molar-refractivity contribution in [2.24, 2.45) is 0 Å². The Bertz CT molecular complexity index is 643. The van der Waals surface area contributed by atoms with Crippen molar-refractivity contribution < 1.29 is 4.79 Å². The summed E-state index contributed by atoms with van der Waals surface area (Å²) in [6.07, 6.45) is 5.27. The van der Waals surface area contributed by atoms with Crippen molar-refractivity contribution >= 4 is 11.7 Å². The van der Waals surface area contributed by atoms with Crippen LogP contribution < -0.4 is 5.32 Å². The van der Waals surface area contributed by atoms with Gasteiger partial charge in [-0.1, -0.05) is 30.3 Å². The lowest BCUT2D eigenvalue weighted by Crippen LogP contribution is -2.50. The molecule has 6 heteroatoms. The smallest absolute Gasteiger partial charge is 0.321 e. The van der Waals surface area contributed by atoms with E-state index in [9.17, 15) is 4.79 Å². The fourth-order valence-electron chi connectivity index (χ4n) is 3.30. The summed E-state index contributed by atoms with van der Waals surface area (Å²) in [4.78, 5) is 16.7. The molecule has 2 N–H and O–H groups in total. The second kappa shape index (κ2) is 7.49. The molecule has 1 aromatic carbocycles. The highest BCUT2D eigenvalue weighted by Gasteiger charge is 2.29. The molecule has 2 atom stereocenters. The zero-order valence-electron chi connectivity index (χ0n) is 14.3. The molecule has 6 nitrogen and oxygen atoms in total. The van der Waals surface area contributed by atoms with Crippen LogP contribution >= 0.6 is 0 Å². The Hall–Kier alpha value is -2.34. The molecule has 3 rings (SSSR count). The van der Waals surface area contributed by atoms with E-state index in [4.69, 9.17) is 0 Å². The molecule has 1 aromatic heterocycles. The number of hydrogen-bond acceptors (Lipinski definition) is 3. The number of amides is 2. The lowest BCUT2D eigenvalue weighted by Gasteiger charge is -2.41. The van der Waals surface area contributed by atoms with Gasteiger partial charge >= 0.3 is 6.03 Å². The van der Waals surface area contributed by atoms with Gasteiger partial charge in [-0.05, 0) is 25.3 Å². The third kappa shape index (κ3) is 3.94. The number of urea groups is 1. The third-order valence-corrected chi connectivity index (χ3v) is 4.83. The van der Waals surface area contributed by atoms with Crippen molar-refractivity contribution in [3.8, 4) is 0 Å². The first-order chi connectivity index (χ1) is 11.6. The van der Waals surface area contributed by atoms with E-state index in [1.807, 2.05) is 18.0 Å². The zero-order chi connectivity index (χ0) is 16.9. The van der Waals surface area contributed by atoms with Crippen LogP contribution in [0.4, 0.5) is 10.5 Å². The van der Waals surface area contributed by atoms with Gasteiger partial charge < -0.3 is 10.2 Å². The number of nitrogens with zero attached hydrogens (tertiary/aromatic N) is 3. The molecular weight excluding hydrogens is 302 g/mol. The topological polar surface area (TPSA) is 64.3 Å². The van der Waals surface area contributed by atoms with Gasteiger partial charge in [0.15, 0.2) is 0 Å². The first-order valence-electron chi connectivity index (χ1n) is 8.44. The summed E-state index contributed by atoms with van der Waals surface area (Å²) in [6.45, 7) is 4.22. The fraction of sp³-hybridized carbons (Fsp3) is 0.444. The Labute approximate surface area is 142 Å². The normalized spacial score (nSPS) is 21.4.